The highest BCUT2D eigenvalue weighted by molar-refractivity contribution is 5.99. The van der Waals surface area contributed by atoms with Crippen LogP contribution >= 0.6 is 0 Å². The highest BCUT2D eigenvalue weighted by Gasteiger charge is 2.37. The number of nitrogens with zero attached hydrogens (tertiary/aromatic N) is 1. The smallest absolute Gasteiger partial charge is 0.307 e. The van der Waals surface area contributed by atoms with Gasteiger partial charge < -0.3 is 19.1 Å². The summed E-state index contributed by atoms with van der Waals surface area (Å²) in [5.41, 5.74) is 3.57. The van der Waals surface area contributed by atoms with Gasteiger partial charge in [0, 0.05) is 30.3 Å². The van der Waals surface area contributed by atoms with Crippen LogP contribution in [0.25, 0.3) is 0 Å². The van der Waals surface area contributed by atoms with Gasteiger partial charge in [-0.25, -0.2) is 0 Å². The molecule has 1 N–H and O–H groups in total. The van der Waals surface area contributed by atoms with E-state index in [0.717, 1.165) is 22.4 Å². The molecule has 0 radical (unpaired) electrons. The summed E-state index contributed by atoms with van der Waals surface area (Å²) >= 11 is 0. The predicted octanol–water partition coefficient (Wildman–Crippen LogP) is 5.43. The summed E-state index contributed by atoms with van der Waals surface area (Å²) in [4.78, 5) is 27.5. The molecule has 1 amide bonds. The summed E-state index contributed by atoms with van der Waals surface area (Å²) in [6.45, 7) is 5.57. The molecule has 0 bridgehead atoms. The molecule has 1 aliphatic rings. The van der Waals surface area contributed by atoms with Gasteiger partial charge in [-0.15, -0.1) is 0 Å². The van der Waals surface area contributed by atoms with E-state index in [1.54, 1.807) is 0 Å². The number of amides is 1. The van der Waals surface area contributed by atoms with Crippen LogP contribution in [0.2, 0.25) is 0 Å². The molecule has 0 aliphatic carbocycles. The van der Waals surface area contributed by atoms with Crippen LogP contribution in [-0.4, -0.2) is 43.1 Å². The molecular weight excluding hydrogens is 480 g/mol. The van der Waals surface area contributed by atoms with Crippen molar-refractivity contribution in [2.75, 3.05) is 20.3 Å². The number of hydrogen-bond donors (Lipinski definition) is 1. The molecule has 0 aromatic heterocycles. The Bertz CT molecular complexity index is 1200. The highest BCUT2D eigenvalue weighted by Crippen LogP contribution is 2.35. The molecule has 2 atom stereocenters. The number of fused-ring (bicyclic) bond motifs is 1. The number of carbonyl (C=O) groups is 2. The van der Waals surface area contributed by atoms with Crippen LogP contribution < -0.4 is 10.1 Å². The topological polar surface area (TPSA) is 77.1 Å². The monoisotopic (exact) mass is 516 g/mol. The predicted molar refractivity (Wildman–Crippen MR) is 146 cm³/mol. The van der Waals surface area contributed by atoms with Crippen molar-refractivity contribution in [3.8, 4) is 5.75 Å². The molecule has 3 aromatic rings. The standard InChI is InChI=1S/C31H36N2O5/c1-22(2)37-19-9-18-33-30(26-12-7-8-13-27(26)31(33)35)32-28(20-29(34)36-3)24-14-16-25(17-15-24)38-21-23-10-5-4-6-11-23/h4-8,10-17,22,28,30,32H,9,18-21H2,1-3H3/t28-,30+/m0/s1. The zero-order valence-corrected chi connectivity index (χ0v) is 22.3. The van der Waals surface area contributed by atoms with Crippen molar-refractivity contribution in [3.05, 3.63) is 101 Å². The molecule has 3 aromatic carbocycles. The molecule has 0 unspecified atom stereocenters. The van der Waals surface area contributed by atoms with Crippen LogP contribution in [0.5, 0.6) is 5.75 Å². The number of benzene rings is 3. The zero-order valence-electron chi connectivity index (χ0n) is 22.3. The SMILES string of the molecule is COC(=O)C[C@H](N[C@H]1c2ccccc2C(=O)N1CCCOC(C)C)c1ccc(OCc2ccccc2)cc1. The lowest BCUT2D eigenvalue weighted by molar-refractivity contribution is -0.141. The third-order valence-corrected chi connectivity index (χ3v) is 6.54. The Balaban J connectivity index is 1.52. The Morgan fingerprint density at radius 1 is 0.974 bits per heavy atom. The summed E-state index contributed by atoms with van der Waals surface area (Å²) in [6, 6.07) is 24.9. The molecule has 1 aliphatic heterocycles. The quantitative estimate of drug-likeness (QED) is 0.241. The van der Waals surface area contributed by atoms with E-state index in [1.807, 2.05) is 97.6 Å². The lowest BCUT2D eigenvalue weighted by atomic mass is 10.0. The number of rotatable bonds is 13. The van der Waals surface area contributed by atoms with Crippen molar-refractivity contribution in [2.24, 2.45) is 0 Å². The molecule has 4 rings (SSSR count). The third kappa shape index (κ3) is 7.00. The average Bonchev–Trinajstić information content (AvgIpc) is 3.20. The van der Waals surface area contributed by atoms with E-state index in [2.05, 4.69) is 5.32 Å². The third-order valence-electron chi connectivity index (χ3n) is 6.54. The van der Waals surface area contributed by atoms with Crippen LogP contribution in [-0.2, 0) is 20.9 Å². The van der Waals surface area contributed by atoms with Crippen molar-refractivity contribution in [1.29, 1.82) is 0 Å². The fourth-order valence-corrected chi connectivity index (χ4v) is 4.59. The van der Waals surface area contributed by atoms with Gasteiger partial charge in [0.05, 0.1) is 19.6 Å². The second-order valence-corrected chi connectivity index (χ2v) is 9.60. The van der Waals surface area contributed by atoms with Crippen LogP contribution in [0.3, 0.4) is 0 Å². The summed E-state index contributed by atoms with van der Waals surface area (Å²) < 4.78 is 16.6. The lowest BCUT2D eigenvalue weighted by Gasteiger charge is -2.30. The van der Waals surface area contributed by atoms with Crippen LogP contribution in [0.1, 0.15) is 65.9 Å². The molecule has 38 heavy (non-hydrogen) atoms. The van der Waals surface area contributed by atoms with E-state index in [0.29, 0.717) is 31.7 Å². The summed E-state index contributed by atoms with van der Waals surface area (Å²) in [5.74, 6) is 0.383. The van der Waals surface area contributed by atoms with Gasteiger partial charge in [0.2, 0.25) is 0 Å². The number of hydrogen-bond acceptors (Lipinski definition) is 6. The molecule has 0 saturated heterocycles. The fraction of sp³-hybridized carbons (Fsp3) is 0.355. The van der Waals surface area contributed by atoms with Crippen molar-refractivity contribution in [3.63, 3.8) is 0 Å². The van der Waals surface area contributed by atoms with Gasteiger partial charge in [-0.1, -0.05) is 60.7 Å². The van der Waals surface area contributed by atoms with Gasteiger partial charge in [0.15, 0.2) is 0 Å². The molecular formula is C31H36N2O5. The summed E-state index contributed by atoms with van der Waals surface area (Å²) in [6.07, 6.45) is 0.601. The zero-order chi connectivity index (χ0) is 26.9. The molecule has 0 fully saturated rings. The molecule has 7 nitrogen and oxygen atoms in total. The maximum atomic E-state index is 13.3. The fourth-order valence-electron chi connectivity index (χ4n) is 4.59. The Hall–Kier alpha value is -3.68. The van der Waals surface area contributed by atoms with Gasteiger partial charge in [0.25, 0.3) is 5.91 Å². The Kier molecular flexibility index (Phi) is 9.51. The first-order chi connectivity index (χ1) is 18.5. The van der Waals surface area contributed by atoms with Gasteiger partial charge in [-0.2, -0.15) is 0 Å². The minimum atomic E-state index is -0.374. The first-order valence-corrected chi connectivity index (χ1v) is 13.1. The maximum Gasteiger partial charge on any atom is 0.307 e. The van der Waals surface area contributed by atoms with Gasteiger partial charge >= 0.3 is 5.97 Å². The van der Waals surface area contributed by atoms with E-state index in [-0.39, 0.29) is 36.6 Å². The van der Waals surface area contributed by atoms with Crippen LogP contribution in [0.4, 0.5) is 0 Å². The van der Waals surface area contributed by atoms with Crippen molar-refractivity contribution < 1.29 is 23.8 Å². The Morgan fingerprint density at radius 2 is 1.68 bits per heavy atom. The number of nitrogens with one attached hydrogen (secondary N) is 1. The Morgan fingerprint density at radius 3 is 2.39 bits per heavy atom. The van der Waals surface area contributed by atoms with Crippen LogP contribution in [0, 0.1) is 0 Å². The van der Waals surface area contributed by atoms with Gasteiger partial charge in [-0.05, 0) is 49.6 Å². The number of esters is 1. The second-order valence-electron chi connectivity index (χ2n) is 9.60. The largest absolute Gasteiger partial charge is 0.489 e. The molecule has 7 heteroatoms. The van der Waals surface area contributed by atoms with Gasteiger partial charge in [-0.3, -0.25) is 14.9 Å². The summed E-state index contributed by atoms with van der Waals surface area (Å²) in [7, 11) is 1.38. The maximum absolute atomic E-state index is 13.3. The first kappa shape index (κ1) is 27.4. The van der Waals surface area contributed by atoms with E-state index < -0.39 is 0 Å². The minimum Gasteiger partial charge on any atom is -0.489 e. The number of carbonyl (C=O) groups excluding carboxylic acids is 2. The minimum absolute atomic E-state index is 0.0240. The van der Waals surface area contributed by atoms with E-state index >= 15 is 0 Å². The van der Waals surface area contributed by atoms with Crippen molar-refractivity contribution in [1.82, 2.24) is 10.2 Å². The molecule has 0 saturated carbocycles. The highest BCUT2D eigenvalue weighted by atomic mass is 16.5. The normalized spacial score (nSPS) is 15.4. The Labute approximate surface area is 224 Å². The first-order valence-electron chi connectivity index (χ1n) is 13.1. The van der Waals surface area contributed by atoms with E-state index in [4.69, 9.17) is 14.2 Å². The van der Waals surface area contributed by atoms with Crippen molar-refractivity contribution >= 4 is 11.9 Å². The van der Waals surface area contributed by atoms with E-state index in [9.17, 15) is 9.59 Å². The number of methoxy groups -OCH3 is 1. The molecule has 1 heterocycles. The second kappa shape index (κ2) is 13.2. The van der Waals surface area contributed by atoms with E-state index in [1.165, 1.54) is 7.11 Å². The molecule has 200 valence electrons. The number of ether oxygens (including phenoxy) is 3. The van der Waals surface area contributed by atoms with Gasteiger partial charge in [0.1, 0.15) is 18.5 Å². The summed E-state index contributed by atoms with van der Waals surface area (Å²) in [5, 5.41) is 3.58. The van der Waals surface area contributed by atoms with Crippen LogP contribution in [0.15, 0.2) is 78.9 Å². The van der Waals surface area contributed by atoms with Crippen molar-refractivity contribution in [2.45, 2.75) is 51.6 Å². The average molecular weight is 517 g/mol. The lowest BCUT2D eigenvalue weighted by Crippen LogP contribution is -2.40. The molecule has 0 spiro atoms.